The summed E-state index contributed by atoms with van der Waals surface area (Å²) >= 11 is 0. The molecule has 0 amide bonds. The van der Waals surface area contributed by atoms with E-state index in [2.05, 4.69) is 6.58 Å². The third-order valence-electron chi connectivity index (χ3n) is 2.02. The predicted molar refractivity (Wildman–Crippen MR) is 65.9 cm³/mol. The van der Waals surface area contributed by atoms with Crippen LogP contribution < -0.4 is 4.74 Å². The molecule has 0 saturated heterocycles. The van der Waals surface area contributed by atoms with Crippen LogP contribution in [0.25, 0.3) is 0 Å². The summed E-state index contributed by atoms with van der Waals surface area (Å²) < 4.78 is 32.9. The van der Waals surface area contributed by atoms with Gasteiger partial charge in [-0.2, -0.15) is 0 Å². The molecule has 0 atom stereocenters. The molecule has 1 aromatic carbocycles. The van der Waals surface area contributed by atoms with Crippen LogP contribution in [0.3, 0.4) is 0 Å². The third kappa shape index (κ3) is 4.03. The average molecular weight is 277 g/mol. The van der Waals surface area contributed by atoms with Crippen molar-refractivity contribution in [3.63, 3.8) is 0 Å². The molecule has 0 aliphatic rings. The van der Waals surface area contributed by atoms with Crippen LogP contribution in [-0.4, -0.2) is 22.1 Å². The molecule has 0 saturated carbocycles. The summed E-state index contributed by atoms with van der Waals surface area (Å²) in [5.74, 6) is 0.547. The van der Waals surface area contributed by atoms with Crippen LogP contribution in [0.1, 0.15) is 5.56 Å². The summed E-state index contributed by atoms with van der Waals surface area (Å²) in [4.78, 5) is 0.0315. The molecule has 6 heteroatoms. The molecule has 0 aromatic heterocycles. The lowest BCUT2D eigenvalue weighted by Crippen LogP contribution is -2.01. The van der Waals surface area contributed by atoms with E-state index in [1.807, 2.05) is 0 Å². The summed E-state index contributed by atoms with van der Waals surface area (Å²) in [7, 11) is 3.04. The molecule has 0 fully saturated rings. The van der Waals surface area contributed by atoms with E-state index in [0.717, 1.165) is 0 Å². The molecule has 94 valence electrons. The van der Waals surface area contributed by atoms with Gasteiger partial charge in [0.2, 0.25) is 0 Å². The minimum atomic E-state index is -3.78. The van der Waals surface area contributed by atoms with Crippen molar-refractivity contribution in [2.45, 2.75) is 11.5 Å². The minimum Gasteiger partial charge on any atom is -0.497 e. The van der Waals surface area contributed by atoms with Crippen LogP contribution >= 0.6 is 10.7 Å². The zero-order valence-electron chi connectivity index (χ0n) is 9.35. The fourth-order valence-electron chi connectivity index (χ4n) is 1.29. The quantitative estimate of drug-likeness (QED) is 0.455. The third-order valence-corrected chi connectivity index (χ3v) is 3.45. The van der Waals surface area contributed by atoms with Gasteiger partial charge >= 0.3 is 0 Å². The van der Waals surface area contributed by atoms with E-state index in [1.54, 1.807) is 12.1 Å². The lowest BCUT2D eigenvalue weighted by atomic mass is 10.2. The van der Waals surface area contributed by atoms with Crippen molar-refractivity contribution in [2.75, 3.05) is 13.7 Å². The Kier molecular flexibility index (Phi) is 4.99. The van der Waals surface area contributed by atoms with E-state index in [-0.39, 0.29) is 11.5 Å². The fourth-order valence-corrected chi connectivity index (χ4v) is 2.40. The maximum Gasteiger partial charge on any atom is 0.261 e. The molecule has 0 spiro atoms. The molecule has 0 radical (unpaired) electrons. The lowest BCUT2D eigenvalue weighted by molar-refractivity contribution is 0.147. The number of benzene rings is 1. The average Bonchev–Trinajstić information content (AvgIpc) is 2.28. The van der Waals surface area contributed by atoms with E-state index >= 15 is 0 Å². The Bertz CT molecular complexity index is 496. The predicted octanol–water partition coefficient (Wildman–Crippen LogP) is 2.33. The number of hydrogen-bond acceptors (Lipinski definition) is 4. The Hall–Kier alpha value is -1.04. The van der Waals surface area contributed by atoms with Gasteiger partial charge in [-0.1, -0.05) is 6.08 Å². The van der Waals surface area contributed by atoms with Crippen LogP contribution in [-0.2, 0) is 20.4 Å². The van der Waals surface area contributed by atoms with Crippen molar-refractivity contribution in [3.05, 3.63) is 36.4 Å². The van der Waals surface area contributed by atoms with Crippen LogP contribution in [0.4, 0.5) is 0 Å². The first-order valence-corrected chi connectivity index (χ1v) is 7.10. The highest BCUT2D eigenvalue weighted by Crippen LogP contribution is 2.25. The second-order valence-corrected chi connectivity index (χ2v) is 5.75. The SMILES string of the molecule is C=CCOCc1cc(OC)ccc1S(=O)(=O)Cl. The van der Waals surface area contributed by atoms with Crippen molar-refractivity contribution < 1.29 is 17.9 Å². The fraction of sp³-hybridized carbons (Fsp3) is 0.273. The number of rotatable bonds is 6. The molecule has 0 bridgehead atoms. The summed E-state index contributed by atoms with van der Waals surface area (Å²) in [6.45, 7) is 3.96. The van der Waals surface area contributed by atoms with Gasteiger partial charge in [0.15, 0.2) is 0 Å². The summed E-state index contributed by atoms with van der Waals surface area (Å²) in [5, 5.41) is 0. The number of ether oxygens (including phenoxy) is 2. The van der Waals surface area contributed by atoms with Crippen molar-refractivity contribution >= 4 is 19.7 Å². The zero-order chi connectivity index (χ0) is 12.9. The van der Waals surface area contributed by atoms with Crippen molar-refractivity contribution in [1.82, 2.24) is 0 Å². The zero-order valence-corrected chi connectivity index (χ0v) is 10.9. The Morgan fingerprint density at radius 1 is 1.47 bits per heavy atom. The second-order valence-electron chi connectivity index (χ2n) is 3.22. The lowest BCUT2D eigenvalue weighted by Gasteiger charge is -2.09. The van der Waals surface area contributed by atoms with Crippen molar-refractivity contribution in [2.24, 2.45) is 0 Å². The number of methoxy groups -OCH3 is 1. The highest BCUT2D eigenvalue weighted by Gasteiger charge is 2.16. The monoisotopic (exact) mass is 276 g/mol. The molecular weight excluding hydrogens is 264 g/mol. The van der Waals surface area contributed by atoms with Crippen LogP contribution in [0, 0.1) is 0 Å². The Morgan fingerprint density at radius 3 is 2.71 bits per heavy atom. The first-order chi connectivity index (χ1) is 7.99. The number of hydrogen-bond donors (Lipinski definition) is 0. The van der Waals surface area contributed by atoms with E-state index in [1.165, 1.54) is 19.2 Å². The minimum absolute atomic E-state index is 0.0315. The number of halogens is 1. The van der Waals surface area contributed by atoms with Gasteiger partial charge in [0, 0.05) is 16.2 Å². The van der Waals surface area contributed by atoms with Crippen molar-refractivity contribution in [1.29, 1.82) is 0 Å². The molecule has 0 heterocycles. The largest absolute Gasteiger partial charge is 0.497 e. The van der Waals surface area contributed by atoms with Gasteiger partial charge in [0.25, 0.3) is 9.05 Å². The molecule has 17 heavy (non-hydrogen) atoms. The van der Waals surface area contributed by atoms with Crippen LogP contribution in [0.2, 0.25) is 0 Å². The van der Waals surface area contributed by atoms with Gasteiger partial charge in [-0.15, -0.1) is 6.58 Å². The molecule has 4 nitrogen and oxygen atoms in total. The van der Waals surface area contributed by atoms with Gasteiger partial charge in [-0.25, -0.2) is 8.42 Å². The highest BCUT2D eigenvalue weighted by molar-refractivity contribution is 8.13. The molecule has 0 N–H and O–H groups in total. The summed E-state index contributed by atoms with van der Waals surface area (Å²) in [6, 6.07) is 4.51. The van der Waals surface area contributed by atoms with Crippen LogP contribution in [0.15, 0.2) is 35.7 Å². The Labute approximate surface area is 105 Å². The summed E-state index contributed by atoms with van der Waals surface area (Å²) in [5.41, 5.74) is 0.459. The van der Waals surface area contributed by atoms with Gasteiger partial charge in [-0.05, 0) is 18.2 Å². The van der Waals surface area contributed by atoms with Crippen LogP contribution in [0.5, 0.6) is 5.75 Å². The Balaban J connectivity index is 3.07. The maximum absolute atomic E-state index is 11.3. The van der Waals surface area contributed by atoms with E-state index in [9.17, 15) is 8.42 Å². The molecule has 1 rings (SSSR count). The van der Waals surface area contributed by atoms with E-state index in [0.29, 0.717) is 17.9 Å². The van der Waals surface area contributed by atoms with E-state index < -0.39 is 9.05 Å². The highest BCUT2D eigenvalue weighted by atomic mass is 35.7. The molecular formula is C11H13ClO4S. The Morgan fingerprint density at radius 2 is 2.18 bits per heavy atom. The van der Waals surface area contributed by atoms with E-state index in [4.69, 9.17) is 20.2 Å². The molecule has 0 unspecified atom stereocenters. The van der Waals surface area contributed by atoms with Gasteiger partial charge in [0.1, 0.15) is 5.75 Å². The smallest absolute Gasteiger partial charge is 0.261 e. The maximum atomic E-state index is 11.3. The topological polar surface area (TPSA) is 52.6 Å². The first kappa shape index (κ1) is 14.0. The van der Waals surface area contributed by atoms with Crippen molar-refractivity contribution in [3.8, 4) is 5.75 Å². The standard InChI is InChI=1S/C11H13ClO4S/c1-3-6-16-8-9-7-10(15-2)4-5-11(9)17(12,13)14/h3-5,7H,1,6,8H2,2H3. The molecule has 1 aromatic rings. The first-order valence-electron chi connectivity index (χ1n) is 4.79. The van der Waals surface area contributed by atoms with Gasteiger partial charge in [0.05, 0.1) is 25.2 Å². The molecule has 0 aliphatic heterocycles. The molecule has 0 aliphatic carbocycles. The van der Waals surface area contributed by atoms with Gasteiger partial charge < -0.3 is 9.47 Å². The van der Waals surface area contributed by atoms with Gasteiger partial charge in [-0.3, -0.25) is 0 Å². The summed E-state index contributed by atoms with van der Waals surface area (Å²) in [6.07, 6.45) is 1.58. The second kappa shape index (κ2) is 6.05. The normalized spacial score (nSPS) is 11.2.